The van der Waals surface area contributed by atoms with E-state index in [2.05, 4.69) is 17.8 Å². The average Bonchev–Trinajstić information content (AvgIpc) is 2.90. The van der Waals surface area contributed by atoms with Crippen molar-refractivity contribution >= 4 is 45.2 Å². The van der Waals surface area contributed by atoms with Gasteiger partial charge >= 0.3 is 0 Å². The molecule has 0 atom stereocenters. The van der Waals surface area contributed by atoms with Crippen molar-refractivity contribution in [2.45, 2.75) is 0 Å². The summed E-state index contributed by atoms with van der Waals surface area (Å²) >= 11 is 0. The smallest absolute Gasteiger partial charge is 0.262 e. The zero-order chi connectivity index (χ0) is 25.0. The molecule has 0 saturated heterocycles. The number of rotatable bonds is 2. The number of imide groups is 2. The lowest BCUT2D eigenvalue weighted by Crippen LogP contribution is -2.40. The Bertz CT molecular complexity index is 1730. The third-order valence-electron chi connectivity index (χ3n) is 6.56. The summed E-state index contributed by atoms with van der Waals surface area (Å²) in [5.41, 5.74) is 2.29. The Hall–Kier alpha value is -5.20. The van der Waals surface area contributed by atoms with E-state index in [4.69, 9.17) is 6.42 Å². The topological polar surface area (TPSA) is 74.8 Å². The van der Waals surface area contributed by atoms with E-state index in [1.165, 1.54) is 0 Å². The SMILES string of the molecule is C#CCN1C(=O)c2cccc3c(C#CCN4C(=O)c5cccc6cccc(c56)C4=O)ccc(c23)C1=O. The van der Waals surface area contributed by atoms with Crippen LogP contribution in [0, 0.1) is 24.2 Å². The molecule has 2 heterocycles. The molecule has 0 aliphatic carbocycles. The maximum atomic E-state index is 13.1. The van der Waals surface area contributed by atoms with Gasteiger partial charge in [-0.2, -0.15) is 0 Å². The predicted octanol–water partition coefficient (Wildman–Crippen LogP) is 3.87. The minimum atomic E-state index is -0.446. The zero-order valence-electron chi connectivity index (χ0n) is 18.9. The van der Waals surface area contributed by atoms with Gasteiger partial charge in [-0.1, -0.05) is 54.2 Å². The standard InChI is InChI=1S/C30H16N2O4/c1-2-16-31-29(35)23-13-5-10-20-18(14-15-24(26(20)23)30(31)36)9-6-17-32-27(33)21-11-3-7-19-8-4-12-22(25(19)21)28(32)34/h1,3-5,7-8,10-15H,16-17H2. The van der Waals surface area contributed by atoms with E-state index in [1.807, 2.05) is 12.1 Å². The van der Waals surface area contributed by atoms with E-state index < -0.39 is 11.8 Å². The van der Waals surface area contributed by atoms with Crippen LogP contribution >= 0.6 is 0 Å². The van der Waals surface area contributed by atoms with E-state index >= 15 is 0 Å². The summed E-state index contributed by atoms with van der Waals surface area (Å²) in [6, 6.07) is 19.3. The summed E-state index contributed by atoms with van der Waals surface area (Å²) in [5, 5.41) is 2.67. The van der Waals surface area contributed by atoms with Crippen molar-refractivity contribution in [1.82, 2.24) is 9.80 Å². The fourth-order valence-electron chi connectivity index (χ4n) is 4.93. The second-order valence-electron chi connectivity index (χ2n) is 8.50. The third-order valence-corrected chi connectivity index (χ3v) is 6.56. The Labute approximate surface area is 206 Å². The summed E-state index contributed by atoms with van der Waals surface area (Å²) in [6.45, 7) is -0.205. The van der Waals surface area contributed by atoms with Crippen LogP contribution in [0.3, 0.4) is 0 Å². The number of nitrogens with zero attached hydrogens (tertiary/aromatic N) is 2. The number of amides is 4. The van der Waals surface area contributed by atoms with Crippen LogP contribution in [0.1, 0.15) is 47.0 Å². The van der Waals surface area contributed by atoms with Crippen LogP contribution in [0.15, 0.2) is 66.7 Å². The van der Waals surface area contributed by atoms with Crippen molar-refractivity contribution in [3.8, 4) is 24.2 Å². The van der Waals surface area contributed by atoms with Crippen molar-refractivity contribution in [2.24, 2.45) is 0 Å². The molecular formula is C30H16N2O4. The van der Waals surface area contributed by atoms with Gasteiger partial charge in [0.1, 0.15) is 0 Å². The largest absolute Gasteiger partial charge is 0.269 e. The molecule has 0 spiro atoms. The maximum Gasteiger partial charge on any atom is 0.262 e. The van der Waals surface area contributed by atoms with Crippen LogP contribution in [-0.2, 0) is 0 Å². The van der Waals surface area contributed by atoms with Gasteiger partial charge in [-0.25, -0.2) is 0 Å². The van der Waals surface area contributed by atoms with Crippen LogP contribution in [0.5, 0.6) is 0 Å². The molecule has 0 saturated carbocycles. The minimum Gasteiger partial charge on any atom is -0.269 e. The first kappa shape index (κ1) is 21.3. The van der Waals surface area contributed by atoms with Crippen LogP contribution in [-0.4, -0.2) is 46.5 Å². The van der Waals surface area contributed by atoms with E-state index in [1.54, 1.807) is 54.6 Å². The van der Waals surface area contributed by atoms with E-state index in [0.29, 0.717) is 44.0 Å². The molecule has 0 fully saturated rings. The number of hydrogen-bond acceptors (Lipinski definition) is 4. The highest BCUT2D eigenvalue weighted by atomic mass is 16.2. The molecule has 0 bridgehead atoms. The lowest BCUT2D eigenvalue weighted by atomic mass is 9.91. The van der Waals surface area contributed by atoms with Gasteiger partial charge in [-0.05, 0) is 41.1 Å². The summed E-state index contributed by atoms with van der Waals surface area (Å²) in [5.74, 6) is 6.65. The Morgan fingerprint density at radius 2 is 1.14 bits per heavy atom. The zero-order valence-corrected chi connectivity index (χ0v) is 18.9. The Morgan fingerprint density at radius 1 is 0.611 bits per heavy atom. The van der Waals surface area contributed by atoms with Gasteiger partial charge in [0.05, 0.1) is 13.1 Å². The lowest BCUT2D eigenvalue weighted by Gasteiger charge is -2.26. The molecule has 4 aromatic rings. The molecule has 6 heteroatoms. The quantitative estimate of drug-likeness (QED) is 0.331. The number of terminal acetylenes is 1. The first-order valence-electron chi connectivity index (χ1n) is 11.2. The van der Waals surface area contributed by atoms with Crippen LogP contribution in [0.2, 0.25) is 0 Å². The Balaban J connectivity index is 1.37. The van der Waals surface area contributed by atoms with Crippen molar-refractivity contribution in [3.05, 3.63) is 94.5 Å². The number of carbonyl (C=O) groups is 4. The molecule has 36 heavy (non-hydrogen) atoms. The molecule has 170 valence electrons. The summed E-state index contributed by atoms with van der Waals surface area (Å²) < 4.78 is 0. The maximum absolute atomic E-state index is 13.1. The Morgan fingerprint density at radius 3 is 1.75 bits per heavy atom. The summed E-state index contributed by atoms with van der Waals surface area (Å²) in [4.78, 5) is 54.2. The molecule has 4 amide bonds. The van der Waals surface area contributed by atoms with Gasteiger partial charge in [0, 0.05) is 38.6 Å². The predicted molar refractivity (Wildman–Crippen MR) is 134 cm³/mol. The van der Waals surface area contributed by atoms with Crippen LogP contribution in [0.4, 0.5) is 0 Å². The van der Waals surface area contributed by atoms with Gasteiger partial charge in [0.2, 0.25) is 0 Å². The van der Waals surface area contributed by atoms with Crippen molar-refractivity contribution < 1.29 is 19.2 Å². The highest BCUT2D eigenvalue weighted by Gasteiger charge is 2.33. The van der Waals surface area contributed by atoms with Crippen molar-refractivity contribution in [1.29, 1.82) is 0 Å². The molecule has 0 radical (unpaired) electrons. The summed E-state index contributed by atoms with van der Waals surface area (Å²) in [7, 11) is 0. The van der Waals surface area contributed by atoms with Gasteiger partial charge in [0.15, 0.2) is 0 Å². The highest BCUT2D eigenvalue weighted by Crippen LogP contribution is 2.32. The number of benzene rings is 4. The molecule has 0 unspecified atom stereocenters. The van der Waals surface area contributed by atoms with E-state index in [0.717, 1.165) is 15.2 Å². The van der Waals surface area contributed by atoms with Crippen LogP contribution in [0.25, 0.3) is 21.5 Å². The highest BCUT2D eigenvalue weighted by molar-refractivity contribution is 6.27. The first-order chi connectivity index (χ1) is 17.5. The van der Waals surface area contributed by atoms with Crippen molar-refractivity contribution in [3.63, 3.8) is 0 Å². The fraction of sp³-hybridized carbons (Fsp3) is 0.0667. The van der Waals surface area contributed by atoms with E-state index in [9.17, 15) is 19.2 Å². The summed E-state index contributed by atoms with van der Waals surface area (Å²) in [6.07, 6.45) is 5.34. The number of carbonyl (C=O) groups excluding carboxylic acids is 4. The normalized spacial score (nSPS) is 14.2. The van der Waals surface area contributed by atoms with Gasteiger partial charge < -0.3 is 0 Å². The second-order valence-corrected chi connectivity index (χ2v) is 8.50. The Kier molecular flexibility index (Phi) is 4.71. The van der Waals surface area contributed by atoms with E-state index in [-0.39, 0.29) is 24.9 Å². The third kappa shape index (κ3) is 2.95. The average molecular weight is 468 g/mol. The molecule has 4 aromatic carbocycles. The monoisotopic (exact) mass is 468 g/mol. The van der Waals surface area contributed by atoms with Gasteiger partial charge in [0.25, 0.3) is 23.6 Å². The molecule has 2 aliphatic heterocycles. The fourth-order valence-corrected chi connectivity index (χ4v) is 4.93. The molecule has 0 N–H and O–H groups in total. The van der Waals surface area contributed by atoms with Crippen LogP contribution < -0.4 is 0 Å². The molecule has 2 aliphatic rings. The molecular weight excluding hydrogens is 452 g/mol. The second kappa shape index (κ2) is 7.94. The molecule has 0 aromatic heterocycles. The molecule has 6 nitrogen and oxygen atoms in total. The minimum absolute atomic E-state index is 0.0981. The first-order valence-corrected chi connectivity index (χ1v) is 11.2. The van der Waals surface area contributed by atoms with Crippen molar-refractivity contribution in [2.75, 3.05) is 13.1 Å². The lowest BCUT2D eigenvalue weighted by molar-refractivity contribution is 0.0616. The van der Waals surface area contributed by atoms with Gasteiger partial charge in [-0.3, -0.25) is 29.0 Å². The molecule has 6 rings (SSSR count). The number of hydrogen-bond donors (Lipinski definition) is 0. The van der Waals surface area contributed by atoms with Gasteiger partial charge in [-0.15, -0.1) is 6.42 Å².